The molecule has 0 amide bonds. The molecule has 0 aromatic carbocycles. The molecular formula is C92H156NO8P. The van der Waals surface area contributed by atoms with Crippen LogP contribution in [0.1, 0.15) is 348 Å². The summed E-state index contributed by atoms with van der Waals surface area (Å²) in [6.45, 7) is 4.03. The Bertz CT molecular complexity index is 2340. The maximum atomic E-state index is 12.9. The zero-order valence-corrected chi connectivity index (χ0v) is 67.4. The van der Waals surface area contributed by atoms with Crippen LogP contribution < -0.4 is 4.89 Å². The molecule has 0 aromatic heterocycles. The van der Waals surface area contributed by atoms with Crippen LogP contribution >= 0.6 is 7.82 Å². The average Bonchev–Trinajstić information content (AvgIpc) is 0.914. The molecule has 9 nitrogen and oxygen atoms in total. The normalized spacial score (nSPS) is 13.9. The van der Waals surface area contributed by atoms with Crippen molar-refractivity contribution < 1.29 is 42.1 Å². The Labute approximate surface area is 629 Å². The van der Waals surface area contributed by atoms with Gasteiger partial charge < -0.3 is 27.9 Å². The molecule has 0 heterocycles. The fraction of sp³-hybridized carbons (Fsp3) is 0.674. The molecule has 0 aliphatic carbocycles. The van der Waals surface area contributed by atoms with Crippen molar-refractivity contribution in [2.45, 2.75) is 354 Å². The van der Waals surface area contributed by atoms with Gasteiger partial charge >= 0.3 is 11.9 Å². The zero-order valence-electron chi connectivity index (χ0n) is 66.5. The summed E-state index contributed by atoms with van der Waals surface area (Å²) in [6, 6.07) is 0. The van der Waals surface area contributed by atoms with Crippen LogP contribution in [0, 0.1) is 0 Å². The van der Waals surface area contributed by atoms with Crippen LogP contribution in [0.4, 0.5) is 0 Å². The highest BCUT2D eigenvalue weighted by Crippen LogP contribution is 2.38. The molecule has 0 spiro atoms. The van der Waals surface area contributed by atoms with Crippen molar-refractivity contribution >= 4 is 19.8 Å². The molecule has 10 heteroatoms. The molecule has 0 bridgehead atoms. The SMILES string of the molecule is CC/C=C\C/C=C\C/C=C\C/C=C\C/C=C\C/C=C\C/C=C\C/C=C\CCCCCCCCCCCCCCCCC(=O)OC(COC(=O)CCCCCCCCCCCCCCCCCCCCCC/C=C\C/C=C\C/C=C\C/C=C\C/C=C\C/C=C\CC)COP(=O)([O-])OCC[N+](C)(C)C. The van der Waals surface area contributed by atoms with E-state index in [-0.39, 0.29) is 32.0 Å². The Morgan fingerprint density at radius 2 is 0.529 bits per heavy atom. The molecular weight excluding hydrogens is 1280 g/mol. The summed E-state index contributed by atoms with van der Waals surface area (Å²) in [6.07, 6.45) is 122. The number of phosphoric ester groups is 1. The van der Waals surface area contributed by atoms with E-state index in [0.717, 1.165) is 128 Å². The van der Waals surface area contributed by atoms with Gasteiger partial charge in [0.2, 0.25) is 0 Å². The molecule has 2 atom stereocenters. The number of phosphoric acid groups is 1. The molecule has 0 aliphatic rings. The van der Waals surface area contributed by atoms with E-state index in [1.807, 2.05) is 21.1 Å². The monoisotopic (exact) mass is 1430 g/mol. The van der Waals surface area contributed by atoms with Gasteiger partial charge in [-0.3, -0.25) is 14.2 Å². The number of esters is 2. The lowest BCUT2D eigenvalue weighted by Crippen LogP contribution is -2.37. The average molecular weight is 1440 g/mol. The molecule has 0 aromatic rings. The number of nitrogens with zero attached hydrogens (tertiary/aromatic N) is 1. The number of allylic oxidation sites excluding steroid dienone is 28. The van der Waals surface area contributed by atoms with Crippen molar-refractivity contribution in [2.75, 3.05) is 47.5 Å². The number of quaternary nitrogens is 1. The van der Waals surface area contributed by atoms with E-state index in [1.54, 1.807) is 0 Å². The fourth-order valence-corrected chi connectivity index (χ4v) is 12.2. The van der Waals surface area contributed by atoms with Crippen LogP contribution in [0.3, 0.4) is 0 Å². The number of carbonyl (C=O) groups excluding carboxylic acids is 2. The zero-order chi connectivity index (χ0) is 74.0. The Balaban J connectivity index is 3.97. The van der Waals surface area contributed by atoms with Crippen LogP contribution in [-0.2, 0) is 32.7 Å². The van der Waals surface area contributed by atoms with Crippen molar-refractivity contribution in [1.29, 1.82) is 0 Å². The first kappa shape index (κ1) is 97.4. The minimum absolute atomic E-state index is 0.0354. The number of hydrogen-bond donors (Lipinski definition) is 0. The van der Waals surface area contributed by atoms with Gasteiger partial charge in [-0.2, -0.15) is 0 Å². The number of rotatable bonds is 76. The predicted octanol–water partition coefficient (Wildman–Crippen LogP) is 27.8. The summed E-state index contributed by atoms with van der Waals surface area (Å²) < 4.78 is 34.4. The van der Waals surface area contributed by atoms with Gasteiger partial charge in [-0.05, 0) is 128 Å². The number of likely N-dealkylation sites (N-methyl/N-ethyl adjacent to an activating group) is 1. The van der Waals surface area contributed by atoms with E-state index in [1.165, 1.54) is 186 Å². The smallest absolute Gasteiger partial charge is 0.306 e. The largest absolute Gasteiger partial charge is 0.756 e. The highest BCUT2D eigenvalue weighted by molar-refractivity contribution is 7.45. The number of unbranched alkanes of at least 4 members (excludes halogenated alkanes) is 34. The summed E-state index contributed by atoms with van der Waals surface area (Å²) in [5, 5.41) is 0. The van der Waals surface area contributed by atoms with Gasteiger partial charge in [-0.15, -0.1) is 0 Å². The Morgan fingerprint density at radius 3 is 0.784 bits per heavy atom. The third-order valence-corrected chi connectivity index (χ3v) is 18.7. The second-order valence-corrected chi connectivity index (χ2v) is 30.1. The third-order valence-electron chi connectivity index (χ3n) is 17.7. The number of ether oxygens (including phenoxy) is 2. The van der Waals surface area contributed by atoms with E-state index in [9.17, 15) is 19.0 Å². The van der Waals surface area contributed by atoms with Gasteiger partial charge in [-0.25, -0.2) is 0 Å². The summed E-state index contributed by atoms with van der Waals surface area (Å²) in [4.78, 5) is 38.2. The summed E-state index contributed by atoms with van der Waals surface area (Å²) in [5.41, 5.74) is 0. The van der Waals surface area contributed by atoms with Gasteiger partial charge in [0.1, 0.15) is 19.8 Å². The van der Waals surface area contributed by atoms with Gasteiger partial charge in [0.25, 0.3) is 7.82 Å². The summed E-state index contributed by atoms with van der Waals surface area (Å²) in [5.74, 6) is -0.827. The highest BCUT2D eigenvalue weighted by atomic mass is 31.2. The summed E-state index contributed by atoms with van der Waals surface area (Å²) in [7, 11) is 1.16. The Kier molecular flexibility index (Phi) is 76.8. The van der Waals surface area contributed by atoms with Crippen molar-refractivity contribution in [3.05, 3.63) is 170 Å². The number of hydrogen-bond acceptors (Lipinski definition) is 8. The lowest BCUT2D eigenvalue weighted by atomic mass is 10.0. The van der Waals surface area contributed by atoms with E-state index in [4.69, 9.17) is 18.5 Å². The van der Waals surface area contributed by atoms with Gasteiger partial charge in [0.05, 0.1) is 27.7 Å². The molecule has 0 aliphatic heterocycles. The fourth-order valence-electron chi connectivity index (χ4n) is 11.4. The second-order valence-electron chi connectivity index (χ2n) is 28.7. The molecule has 0 saturated carbocycles. The molecule has 0 rings (SSSR count). The van der Waals surface area contributed by atoms with Gasteiger partial charge in [0.15, 0.2) is 6.10 Å². The minimum atomic E-state index is -4.65. The standard InChI is InChI=1S/C92H156NO8P/c1-6-8-10-12-14-16-18-20-22-24-26-28-30-32-34-36-38-40-42-44-46-48-50-52-54-56-58-60-62-64-66-68-70-72-74-76-78-80-82-84-91(94)98-88-90(89-100-102(96,97)99-87-86-93(3,4)5)101-92(95)85-83-81-79-77-75-73-71-69-67-65-63-61-59-57-55-53-51-49-47-45-43-41-39-37-35-33-31-29-27-25-23-21-19-17-15-13-11-9-7-2/h8-11,14-17,20-23,26-29,32-35,38-41,45,47,51,53,90H,6-7,12-13,18-19,24-25,30-31,36-37,42-44,46,48-50,52,54-89H2,1-5H3/b10-8-,11-9-,16-14-,17-15-,22-20-,23-21-,28-26-,29-27-,34-32-,35-33-,40-38-,41-39-,47-45-,53-51-. The van der Waals surface area contributed by atoms with E-state index in [2.05, 4.69) is 184 Å². The maximum absolute atomic E-state index is 12.9. The van der Waals surface area contributed by atoms with Crippen LogP contribution in [0.2, 0.25) is 0 Å². The first-order chi connectivity index (χ1) is 50.0. The molecule has 2 unspecified atom stereocenters. The molecule has 0 radical (unpaired) electrons. The molecule has 0 fully saturated rings. The lowest BCUT2D eigenvalue weighted by Gasteiger charge is -2.28. The van der Waals surface area contributed by atoms with Crippen molar-refractivity contribution in [2.24, 2.45) is 0 Å². The van der Waals surface area contributed by atoms with Crippen molar-refractivity contribution in [1.82, 2.24) is 0 Å². The summed E-state index contributed by atoms with van der Waals surface area (Å²) >= 11 is 0. The van der Waals surface area contributed by atoms with Crippen molar-refractivity contribution in [3.8, 4) is 0 Å². The minimum Gasteiger partial charge on any atom is -0.756 e. The molecule has 0 N–H and O–H groups in total. The second kappa shape index (κ2) is 80.5. The maximum Gasteiger partial charge on any atom is 0.306 e. The molecule has 582 valence electrons. The van der Waals surface area contributed by atoms with Crippen LogP contribution in [0.15, 0.2) is 170 Å². The van der Waals surface area contributed by atoms with Crippen LogP contribution in [0.5, 0.6) is 0 Å². The van der Waals surface area contributed by atoms with Crippen LogP contribution in [-0.4, -0.2) is 70.0 Å². The Hall–Kier alpha value is -4.63. The Morgan fingerprint density at radius 1 is 0.304 bits per heavy atom. The molecule has 0 saturated heterocycles. The first-order valence-electron chi connectivity index (χ1n) is 41.8. The quantitative estimate of drug-likeness (QED) is 0.0195. The molecule has 102 heavy (non-hydrogen) atoms. The third kappa shape index (κ3) is 84.3. The lowest BCUT2D eigenvalue weighted by molar-refractivity contribution is -0.870. The van der Waals surface area contributed by atoms with Gasteiger partial charge in [0, 0.05) is 12.8 Å². The van der Waals surface area contributed by atoms with Gasteiger partial charge in [-0.1, -0.05) is 377 Å². The van der Waals surface area contributed by atoms with E-state index < -0.39 is 26.5 Å². The van der Waals surface area contributed by atoms with Crippen molar-refractivity contribution in [3.63, 3.8) is 0 Å². The predicted molar refractivity (Wildman–Crippen MR) is 443 cm³/mol. The highest BCUT2D eigenvalue weighted by Gasteiger charge is 2.22. The number of carbonyl (C=O) groups is 2. The topological polar surface area (TPSA) is 111 Å². The first-order valence-corrected chi connectivity index (χ1v) is 43.3. The van der Waals surface area contributed by atoms with Crippen LogP contribution in [0.25, 0.3) is 0 Å². The van der Waals surface area contributed by atoms with E-state index >= 15 is 0 Å². The van der Waals surface area contributed by atoms with E-state index in [0.29, 0.717) is 17.4 Å².